The molecule has 1 atom stereocenters. The van der Waals surface area contributed by atoms with E-state index in [0.717, 1.165) is 49.5 Å². The lowest BCUT2D eigenvalue weighted by atomic mass is 9.97. The van der Waals surface area contributed by atoms with E-state index in [1.165, 1.54) is 23.1 Å². The molecule has 2 aromatic rings. The summed E-state index contributed by atoms with van der Waals surface area (Å²) in [6.45, 7) is 6.75. The molecule has 1 fully saturated rings. The fourth-order valence-electron chi connectivity index (χ4n) is 4.37. The van der Waals surface area contributed by atoms with Crippen molar-refractivity contribution in [3.8, 4) is 5.75 Å². The van der Waals surface area contributed by atoms with Crippen LogP contribution in [0.25, 0.3) is 0 Å². The Kier molecular flexibility index (Phi) is 5.97. The third-order valence-corrected chi connectivity index (χ3v) is 5.79. The number of anilines is 1. The van der Waals surface area contributed by atoms with Crippen LogP contribution in [0.4, 0.5) is 5.82 Å². The molecule has 1 aromatic heterocycles. The van der Waals surface area contributed by atoms with Crippen LogP contribution in [0, 0.1) is 19.8 Å². The molecule has 6 nitrogen and oxygen atoms in total. The van der Waals surface area contributed by atoms with Gasteiger partial charge in [-0.05, 0) is 80.8 Å². The summed E-state index contributed by atoms with van der Waals surface area (Å²) in [7, 11) is 0. The number of aromatic nitrogens is 2. The summed E-state index contributed by atoms with van der Waals surface area (Å²) in [5.74, 6) is 1.87. The molecule has 1 aliphatic carbocycles. The number of amides is 1. The third kappa shape index (κ3) is 4.86. The fourth-order valence-corrected chi connectivity index (χ4v) is 4.37. The summed E-state index contributed by atoms with van der Waals surface area (Å²) in [5.41, 5.74) is 4.83. The molecule has 0 bridgehead atoms. The van der Waals surface area contributed by atoms with Crippen LogP contribution in [-0.4, -0.2) is 42.3 Å². The van der Waals surface area contributed by atoms with Crippen LogP contribution >= 0.6 is 0 Å². The lowest BCUT2D eigenvalue weighted by Crippen LogP contribution is -2.44. The Hall–Kier alpha value is -2.63. The number of hydrogen-bond donors (Lipinski definition) is 1. The summed E-state index contributed by atoms with van der Waals surface area (Å²) in [6, 6.07) is 8.33. The number of aryl methyl sites for hydroxylation is 4. The first kappa shape index (κ1) is 19.7. The Morgan fingerprint density at radius 1 is 1.14 bits per heavy atom. The van der Waals surface area contributed by atoms with Gasteiger partial charge >= 0.3 is 0 Å². The number of carbonyl (C=O) groups is 1. The second kappa shape index (κ2) is 8.80. The van der Waals surface area contributed by atoms with Gasteiger partial charge < -0.3 is 15.0 Å². The molecule has 1 aromatic carbocycles. The van der Waals surface area contributed by atoms with Crippen molar-refractivity contribution in [1.82, 2.24) is 15.5 Å². The van der Waals surface area contributed by atoms with Gasteiger partial charge in [-0.25, -0.2) is 0 Å². The van der Waals surface area contributed by atoms with E-state index in [1.54, 1.807) is 0 Å². The van der Waals surface area contributed by atoms with Crippen molar-refractivity contribution in [2.75, 3.05) is 31.1 Å². The molecule has 6 heteroatoms. The molecule has 0 saturated carbocycles. The number of hydrogen-bond acceptors (Lipinski definition) is 5. The minimum absolute atomic E-state index is 0.0139. The highest BCUT2D eigenvalue weighted by atomic mass is 16.5. The lowest BCUT2D eigenvalue weighted by molar-refractivity contribution is -0.125. The maximum atomic E-state index is 12.7. The first-order valence-electron chi connectivity index (χ1n) is 10.7. The van der Waals surface area contributed by atoms with Crippen molar-refractivity contribution in [3.05, 3.63) is 46.6 Å². The van der Waals surface area contributed by atoms with Crippen LogP contribution in [-0.2, 0) is 17.6 Å². The number of fused-ring (bicyclic) bond motifs is 1. The summed E-state index contributed by atoms with van der Waals surface area (Å²) in [6.07, 6.45) is 5.21. The van der Waals surface area contributed by atoms with Gasteiger partial charge in [0.25, 0.3) is 0 Å². The van der Waals surface area contributed by atoms with Gasteiger partial charge in [0.05, 0.1) is 18.2 Å². The second-order valence-electron chi connectivity index (χ2n) is 8.28. The van der Waals surface area contributed by atoms with Crippen molar-refractivity contribution in [1.29, 1.82) is 0 Å². The smallest absolute Gasteiger partial charge is 0.225 e. The predicted octanol–water partition coefficient (Wildman–Crippen LogP) is 2.99. The van der Waals surface area contributed by atoms with Crippen LogP contribution in [0.1, 0.15) is 41.6 Å². The summed E-state index contributed by atoms with van der Waals surface area (Å²) in [5, 5.41) is 11.9. The minimum Gasteiger partial charge on any atom is -0.492 e. The molecule has 1 N–H and O–H groups in total. The van der Waals surface area contributed by atoms with Gasteiger partial charge in [0.2, 0.25) is 5.91 Å². The van der Waals surface area contributed by atoms with E-state index in [2.05, 4.69) is 46.4 Å². The van der Waals surface area contributed by atoms with E-state index < -0.39 is 0 Å². The highest BCUT2D eigenvalue weighted by Gasteiger charge is 2.27. The monoisotopic (exact) mass is 394 g/mol. The van der Waals surface area contributed by atoms with E-state index in [9.17, 15) is 4.79 Å². The SMILES string of the molecule is Cc1cc(C)cc(OCCNC(=O)[C@@H]2CCCN(c3cc4c(nn3)CCC4)C2)c1. The maximum Gasteiger partial charge on any atom is 0.225 e. The van der Waals surface area contributed by atoms with Crippen molar-refractivity contribution >= 4 is 11.7 Å². The lowest BCUT2D eigenvalue weighted by Gasteiger charge is -2.32. The van der Waals surface area contributed by atoms with Crippen LogP contribution in [0.15, 0.2) is 24.3 Å². The summed E-state index contributed by atoms with van der Waals surface area (Å²) < 4.78 is 5.80. The number of nitrogens with one attached hydrogen (secondary N) is 1. The number of nitrogens with zero attached hydrogens (tertiary/aromatic N) is 3. The Morgan fingerprint density at radius 3 is 2.79 bits per heavy atom. The van der Waals surface area contributed by atoms with Gasteiger partial charge in [-0.2, -0.15) is 5.10 Å². The first-order chi connectivity index (χ1) is 14.1. The van der Waals surface area contributed by atoms with E-state index in [4.69, 9.17) is 4.74 Å². The molecule has 4 rings (SSSR count). The zero-order valence-corrected chi connectivity index (χ0v) is 17.4. The minimum atomic E-state index is -0.0139. The Bertz CT molecular complexity index is 863. The van der Waals surface area contributed by atoms with Crippen molar-refractivity contribution in [3.63, 3.8) is 0 Å². The normalized spacial score (nSPS) is 18.4. The molecule has 154 valence electrons. The van der Waals surface area contributed by atoms with Gasteiger partial charge in [0, 0.05) is 13.1 Å². The molecule has 1 saturated heterocycles. The zero-order valence-electron chi connectivity index (χ0n) is 17.4. The number of carbonyl (C=O) groups excluding carboxylic acids is 1. The van der Waals surface area contributed by atoms with Crippen molar-refractivity contribution in [2.24, 2.45) is 5.92 Å². The molecular weight excluding hydrogens is 364 g/mol. The predicted molar refractivity (Wildman–Crippen MR) is 113 cm³/mol. The average Bonchev–Trinajstić information content (AvgIpc) is 3.18. The number of rotatable bonds is 6. The van der Waals surface area contributed by atoms with Crippen LogP contribution in [0.2, 0.25) is 0 Å². The highest BCUT2D eigenvalue weighted by Crippen LogP contribution is 2.26. The summed E-state index contributed by atoms with van der Waals surface area (Å²) in [4.78, 5) is 14.9. The standard InChI is InChI=1S/C23H30N4O2/c1-16-11-17(2)13-20(12-16)29-10-8-24-23(28)19-6-4-9-27(15-19)22-14-18-5-3-7-21(18)25-26-22/h11-14,19H,3-10,15H2,1-2H3,(H,24,28)/t19-/m1/s1. The Balaban J connectivity index is 1.26. The van der Waals surface area contributed by atoms with Crippen LogP contribution in [0.5, 0.6) is 5.75 Å². The molecule has 0 radical (unpaired) electrons. The number of benzene rings is 1. The quantitative estimate of drug-likeness (QED) is 0.763. The summed E-state index contributed by atoms with van der Waals surface area (Å²) >= 11 is 0. The highest BCUT2D eigenvalue weighted by molar-refractivity contribution is 5.79. The molecular formula is C23H30N4O2. The number of piperidine rings is 1. The second-order valence-corrected chi connectivity index (χ2v) is 8.28. The Morgan fingerprint density at radius 2 is 1.97 bits per heavy atom. The van der Waals surface area contributed by atoms with Gasteiger partial charge in [-0.15, -0.1) is 5.10 Å². The Labute approximate surface area is 172 Å². The molecule has 0 spiro atoms. The third-order valence-electron chi connectivity index (χ3n) is 5.79. The largest absolute Gasteiger partial charge is 0.492 e. The number of ether oxygens (including phenoxy) is 1. The topological polar surface area (TPSA) is 67.3 Å². The molecule has 29 heavy (non-hydrogen) atoms. The van der Waals surface area contributed by atoms with Gasteiger partial charge in [-0.1, -0.05) is 6.07 Å². The van der Waals surface area contributed by atoms with Gasteiger partial charge in [-0.3, -0.25) is 4.79 Å². The van der Waals surface area contributed by atoms with Gasteiger partial charge in [0.15, 0.2) is 5.82 Å². The molecule has 1 amide bonds. The molecule has 1 aliphatic heterocycles. The van der Waals surface area contributed by atoms with Crippen molar-refractivity contribution < 1.29 is 9.53 Å². The van der Waals surface area contributed by atoms with E-state index in [1.807, 2.05) is 12.1 Å². The average molecular weight is 395 g/mol. The maximum absolute atomic E-state index is 12.7. The van der Waals surface area contributed by atoms with E-state index in [0.29, 0.717) is 19.7 Å². The van der Waals surface area contributed by atoms with Gasteiger partial charge in [0.1, 0.15) is 12.4 Å². The van der Waals surface area contributed by atoms with Crippen molar-refractivity contribution in [2.45, 2.75) is 46.0 Å². The first-order valence-corrected chi connectivity index (χ1v) is 10.7. The zero-order chi connectivity index (χ0) is 20.2. The fraction of sp³-hybridized carbons (Fsp3) is 0.522. The molecule has 2 heterocycles. The molecule has 2 aliphatic rings. The molecule has 0 unspecified atom stereocenters. The van der Waals surface area contributed by atoms with Crippen LogP contribution in [0.3, 0.4) is 0 Å². The van der Waals surface area contributed by atoms with Crippen LogP contribution < -0.4 is 15.0 Å². The van der Waals surface area contributed by atoms with E-state index in [-0.39, 0.29) is 11.8 Å². The van der Waals surface area contributed by atoms with E-state index >= 15 is 0 Å².